The van der Waals surface area contributed by atoms with Gasteiger partial charge in [-0.1, -0.05) is 54.9 Å². The number of carbonyl (C=O) groups is 1. The van der Waals surface area contributed by atoms with Crippen molar-refractivity contribution in [3.8, 4) is 0 Å². The van der Waals surface area contributed by atoms with Crippen molar-refractivity contribution >= 4 is 33.3 Å². The maximum Gasteiger partial charge on any atom is 0.337 e. The molecule has 0 aliphatic carbocycles. The number of aromatic carboxylic acids is 1. The number of carboxylic acid groups (broad SMARTS) is 1. The number of hydrogen-bond acceptors (Lipinski definition) is 5. The van der Waals surface area contributed by atoms with E-state index in [0.29, 0.717) is 12.2 Å². The quantitative estimate of drug-likeness (QED) is 0.399. The molecule has 9 heteroatoms. The summed E-state index contributed by atoms with van der Waals surface area (Å²) >= 11 is 6.27. The van der Waals surface area contributed by atoms with E-state index in [4.69, 9.17) is 11.6 Å². The first-order valence-electron chi connectivity index (χ1n) is 10.1. The molecule has 0 fully saturated rings. The summed E-state index contributed by atoms with van der Waals surface area (Å²) in [6.45, 7) is 2.48. The first-order chi connectivity index (χ1) is 15.3. The van der Waals surface area contributed by atoms with E-state index in [-0.39, 0.29) is 33.6 Å². The molecule has 0 aliphatic heterocycles. The van der Waals surface area contributed by atoms with Crippen LogP contribution in [-0.4, -0.2) is 31.0 Å². The molecule has 1 atom stereocenters. The molecular formula is C23H24ClN3O4S. The van der Waals surface area contributed by atoms with Gasteiger partial charge in [0, 0.05) is 18.7 Å². The molecule has 0 radical (unpaired) electrons. The zero-order valence-corrected chi connectivity index (χ0v) is 19.0. The number of carboxylic acids is 1. The van der Waals surface area contributed by atoms with Gasteiger partial charge in [-0.3, -0.25) is 4.98 Å². The van der Waals surface area contributed by atoms with Crippen molar-refractivity contribution in [3.05, 3.63) is 88.7 Å². The van der Waals surface area contributed by atoms with Gasteiger partial charge in [0.25, 0.3) is 0 Å². The van der Waals surface area contributed by atoms with Gasteiger partial charge in [-0.05, 0) is 36.2 Å². The number of rotatable bonds is 10. The molecule has 168 valence electrons. The second-order valence-corrected chi connectivity index (χ2v) is 9.32. The Labute approximate surface area is 192 Å². The molecule has 3 aromatic rings. The summed E-state index contributed by atoms with van der Waals surface area (Å²) < 4.78 is 28.0. The Balaban J connectivity index is 1.83. The fraction of sp³-hybridized carbons (Fsp3) is 0.217. The Bertz CT molecular complexity index is 1170. The summed E-state index contributed by atoms with van der Waals surface area (Å²) in [7, 11) is -4.05. The molecule has 2 aromatic carbocycles. The van der Waals surface area contributed by atoms with Gasteiger partial charge in [-0.15, -0.1) is 0 Å². The summed E-state index contributed by atoms with van der Waals surface area (Å²) in [4.78, 5) is 15.6. The predicted molar refractivity (Wildman–Crippen MR) is 125 cm³/mol. The van der Waals surface area contributed by atoms with Crippen LogP contribution in [-0.2, 0) is 16.6 Å². The fourth-order valence-electron chi connectivity index (χ4n) is 3.29. The predicted octanol–water partition coefficient (Wildman–Crippen LogP) is 4.52. The van der Waals surface area contributed by atoms with Crippen LogP contribution in [0.25, 0.3) is 0 Å². The fourth-order valence-corrected chi connectivity index (χ4v) is 4.84. The van der Waals surface area contributed by atoms with Gasteiger partial charge < -0.3 is 10.4 Å². The average molecular weight is 474 g/mol. The summed E-state index contributed by atoms with van der Waals surface area (Å²) in [5.74, 6) is -1.10. The zero-order chi connectivity index (χ0) is 23.1. The Hall–Kier alpha value is -2.94. The minimum atomic E-state index is -4.05. The van der Waals surface area contributed by atoms with Crippen molar-refractivity contribution < 1.29 is 18.3 Å². The number of anilines is 1. The average Bonchev–Trinajstić information content (AvgIpc) is 2.79. The largest absolute Gasteiger partial charge is 0.478 e. The summed E-state index contributed by atoms with van der Waals surface area (Å²) in [5.41, 5.74) is 1.75. The van der Waals surface area contributed by atoms with Gasteiger partial charge >= 0.3 is 5.97 Å². The number of pyridine rings is 1. The molecule has 1 unspecified atom stereocenters. The van der Waals surface area contributed by atoms with Crippen LogP contribution in [0.2, 0.25) is 5.02 Å². The van der Waals surface area contributed by atoms with Crippen LogP contribution in [0.5, 0.6) is 0 Å². The normalized spacial score (nSPS) is 12.3. The summed E-state index contributed by atoms with van der Waals surface area (Å²) in [5, 5.41) is 12.7. The van der Waals surface area contributed by atoms with E-state index in [1.54, 1.807) is 24.4 Å². The Morgan fingerprint density at radius 3 is 2.47 bits per heavy atom. The third-order valence-electron chi connectivity index (χ3n) is 5.06. The first kappa shape index (κ1) is 23.7. The number of benzene rings is 2. The van der Waals surface area contributed by atoms with Crippen LogP contribution >= 0.6 is 11.6 Å². The SMILES string of the molecule is CCC(CNc1cc(Cl)c(S(=O)(=O)NCc2ccccn2)cc1C(=O)O)c1ccccc1. The smallest absolute Gasteiger partial charge is 0.337 e. The minimum absolute atomic E-state index is 0.0445. The summed E-state index contributed by atoms with van der Waals surface area (Å²) in [6.07, 6.45) is 2.40. The second-order valence-electron chi connectivity index (χ2n) is 7.18. The molecule has 0 saturated carbocycles. The highest BCUT2D eigenvalue weighted by Crippen LogP contribution is 2.30. The van der Waals surface area contributed by atoms with Crippen molar-refractivity contribution in [2.24, 2.45) is 0 Å². The van der Waals surface area contributed by atoms with E-state index in [1.807, 2.05) is 37.3 Å². The molecule has 1 aromatic heterocycles. The highest BCUT2D eigenvalue weighted by Gasteiger charge is 2.23. The molecule has 0 aliphatic rings. The van der Waals surface area contributed by atoms with E-state index in [2.05, 4.69) is 15.0 Å². The van der Waals surface area contributed by atoms with E-state index in [9.17, 15) is 18.3 Å². The maximum atomic E-state index is 12.8. The highest BCUT2D eigenvalue weighted by atomic mass is 35.5. The van der Waals surface area contributed by atoms with Crippen LogP contribution in [0.1, 0.15) is 40.9 Å². The van der Waals surface area contributed by atoms with Gasteiger partial charge in [0.05, 0.1) is 28.5 Å². The van der Waals surface area contributed by atoms with E-state index in [0.717, 1.165) is 18.1 Å². The molecule has 32 heavy (non-hydrogen) atoms. The molecule has 0 saturated heterocycles. The monoisotopic (exact) mass is 473 g/mol. The van der Waals surface area contributed by atoms with Crippen LogP contribution in [0, 0.1) is 0 Å². The third kappa shape index (κ3) is 5.85. The van der Waals surface area contributed by atoms with Gasteiger partial charge in [-0.2, -0.15) is 0 Å². The van der Waals surface area contributed by atoms with Crippen molar-refractivity contribution in [3.63, 3.8) is 0 Å². The van der Waals surface area contributed by atoms with Gasteiger partial charge in [-0.25, -0.2) is 17.9 Å². The van der Waals surface area contributed by atoms with Crippen LogP contribution in [0.15, 0.2) is 71.8 Å². The molecule has 3 rings (SSSR count). The first-order valence-corrected chi connectivity index (χ1v) is 11.9. The zero-order valence-electron chi connectivity index (χ0n) is 17.5. The number of sulfonamides is 1. The molecule has 0 amide bonds. The van der Waals surface area contributed by atoms with Gasteiger partial charge in [0.2, 0.25) is 10.0 Å². The molecule has 0 bridgehead atoms. The number of halogens is 1. The molecular weight excluding hydrogens is 450 g/mol. The Kier molecular flexibility index (Phi) is 7.84. The topological polar surface area (TPSA) is 108 Å². The minimum Gasteiger partial charge on any atom is -0.478 e. The number of hydrogen-bond donors (Lipinski definition) is 3. The molecule has 3 N–H and O–H groups in total. The van der Waals surface area contributed by atoms with Crippen molar-refractivity contribution in [1.29, 1.82) is 0 Å². The molecule has 1 heterocycles. The highest BCUT2D eigenvalue weighted by molar-refractivity contribution is 7.89. The lowest BCUT2D eigenvalue weighted by Gasteiger charge is -2.19. The van der Waals surface area contributed by atoms with Crippen molar-refractivity contribution in [2.75, 3.05) is 11.9 Å². The van der Waals surface area contributed by atoms with Gasteiger partial charge in [0.1, 0.15) is 4.90 Å². The van der Waals surface area contributed by atoms with E-state index in [1.165, 1.54) is 6.07 Å². The van der Waals surface area contributed by atoms with E-state index >= 15 is 0 Å². The maximum absolute atomic E-state index is 12.8. The Morgan fingerprint density at radius 2 is 1.84 bits per heavy atom. The Morgan fingerprint density at radius 1 is 1.12 bits per heavy atom. The van der Waals surface area contributed by atoms with E-state index < -0.39 is 16.0 Å². The number of aromatic nitrogens is 1. The summed E-state index contributed by atoms with van der Waals surface area (Å²) in [6, 6.07) is 17.4. The third-order valence-corrected chi connectivity index (χ3v) is 6.93. The lowest BCUT2D eigenvalue weighted by molar-refractivity contribution is 0.0697. The van der Waals surface area contributed by atoms with Gasteiger partial charge in [0.15, 0.2) is 0 Å². The van der Waals surface area contributed by atoms with Crippen LogP contribution in [0.3, 0.4) is 0 Å². The van der Waals surface area contributed by atoms with Crippen molar-refractivity contribution in [2.45, 2.75) is 30.7 Å². The number of nitrogens with zero attached hydrogens (tertiary/aromatic N) is 1. The molecule has 0 spiro atoms. The second kappa shape index (κ2) is 10.6. The lowest BCUT2D eigenvalue weighted by atomic mass is 9.96. The number of nitrogens with one attached hydrogen (secondary N) is 2. The lowest BCUT2D eigenvalue weighted by Crippen LogP contribution is -2.24. The standard InChI is InChI=1S/C23H24ClN3O4S/c1-2-16(17-8-4-3-5-9-17)14-26-21-13-20(24)22(12-19(21)23(28)29)32(30,31)27-15-18-10-6-7-11-25-18/h3-13,16,26-27H,2,14-15H2,1H3,(H,28,29). The molecule has 7 nitrogen and oxygen atoms in total. The van der Waals surface area contributed by atoms with Crippen LogP contribution < -0.4 is 10.0 Å². The van der Waals surface area contributed by atoms with Crippen molar-refractivity contribution in [1.82, 2.24) is 9.71 Å². The van der Waals surface area contributed by atoms with Crippen LogP contribution in [0.4, 0.5) is 5.69 Å².